The molecule has 0 unspecified atom stereocenters. The van der Waals surface area contributed by atoms with Crippen molar-refractivity contribution in [1.29, 1.82) is 0 Å². The van der Waals surface area contributed by atoms with Crippen LogP contribution < -0.4 is 113 Å². The second-order valence-corrected chi connectivity index (χ2v) is 2.72. The maximum Gasteiger partial charge on any atom is 1.00 e. The van der Waals surface area contributed by atoms with Crippen molar-refractivity contribution >= 4 is 11.8 Å². The van der Waals surface area contributed by atoms with Gasteiger partial charge < -0.3 is 15.0 Å². The Morgan fingerprint density at radius 2 is 1.64 bits per heavy atom. The monoisotopic (exact) mass is 248 g/mol. The molecule has 0 bridgehead atoms. The Bertz CT molecular complexity index is 223. The number of ketones is 1. The largest absolute Gasteiger partial charge is 1.00 e. The quantitative estimate of drug-likeness (QED) is 0.214. The topological polar surface area (TPSA) is 80.3 Å². The second-order valence-electron chi connectivity index (χ2n) is 2.72. The Balaban J connectivity index is -0.000000605. The third kappa shape index (κ3) is 12.0. The summed E-state index contributed by atoms with van der Waals surface area (Å²) >= 11 is 0. The number of hydrogen-bond acceptors (Lipinski definition) is 4. The number of carboxylic acid groups (broad SMARTS) is 1. The number of rotatable bonds is 4. The van der Waals surface area contributed by atoms with Gasteiger partial charge in [-0.15, -0.1) is 5.76 Å². The smallest absolute Gasteiger partial charge is 0.875 e. The zero-order valence-electron chi connectivity index (χ0n) is 8.99. The molecule has 0 fully saturated rings. The molecule has 0 atom stereocenters. The van der Waals surface area contributed by atoms with Gasteiger partial charge in [-0.3, -0.25) is 4.79 Å². The Labute approximate surface area is 168 Å². The maximum atomic E-state index is 10.8. The molecule has 0 amide bonds. The van der Waals surface area contributed by atoms with E-state index in [9.17, 15) is 19.8 Å². The van der Waals surface area contributed by atoms with E-state index in [-0.39, 0.29) is 114 Å². The first-order valence-corrected chi connectivity index (χ1v) is 3.54. The summed E-state index contributed by atoms with van der Waals surface area (Å²) in [5.74, 6) is -2.82. The molecule has 0 heterocycles. The van der Waals surface area contributed by atoms with Crippen LogP contribution in [0.4, 0.5) is 0 Å². The SMILES string of the molecule is CC(C)/C([O-])=C/C(=O)CC(=O)[O-].[K+].[K+]. The summed E-state index contributed by atoms with van der Waals surface area (Å²) in [5, 5.41) is 20.7. The first-order valence-electron chi connectivity index (χ1n) is 3.54. The van der Waals surface area contributed by atoms with Crippen LogP contribution in [0.1, 0.15) is 20.3 Å². The Morgan fingerprint density at radius 3 is 1.93 bits per heavy atom. The summed E-state index contributed by atoms with van der Waals surface area (Å²) in [7, 11) is 0. The molecular formula is C8H10K2O4. The van der Waals surface area contributed by atoms with Crippen LogP contribution in [0.3, 0.4) is 0 Å². The third-order valence-electron chi connectivity index (χ3n) is 1.19. The molecule has 68 valence electrons. The zero-order chi connectivity index (χ0) is 9.72. The molecule has 14 heavy (non-hydrogen) atoms. The van der Waals surface area contributed by atoms with Gasteiger partial charge in [-0.05, 0) is 12.0 Å². The molecule has 0 aliphatic rings. The number of carbonyl (C=O) groups excluding carboxylic acids is 2. The van der Waals surface area contributed by atoms with Gasteiger partial charge in [0.15, 0.2) is 5.78 Å². The average Bonchev–Trinajstić information content (AvgIpc) is 1.84. The number of allylic oxidation sites excluding steroid dienone is 2. The van der Waals surface area contributed by atoms with Gasteiger partial charge in [0, 0.05) is 5.97 Å². The number of aliphatic carboxylic acids is 1. The fourth-order valence-electron chi connectivity index (χ4n) is 0.519. The van der Waals surface area contributed by atoms with Crippen LogP contribution in [0.25, 0.3) is 0 Å². The minimum Gasteiger partial charge on any atom is -0.875 e. The van der Waals surface area contributed by atoms with Crippen molar-refractivity contribution < 1.29 is 123 Å². The summed E-state index contributed by atoms with van der Waals surface area (Å²) in [6, 6.07) is 0. The van der Waals surface area contributed by atoms with Gasteiger partial charge in [0.1, 0.15) is 0 Å². The molecule has 0 radical (unpaired) electrons. The van der Waals surface area contributed by atoms with Gasteiger partial charge >= 0.3 is 103 Å². The number of carbonyl (C=O) groups is 2. The fourth-order valence-corrected chi connectivity index (χ4v) is 0.519. The molecule has 0 spiro atoms. The van der Waals surface area contributed by atoms with Crippen LogP contribution in [0.15, 0.2) is 11.8 Å². The van der Waals surface area contributed by atoms with Gasteiger partial charge in [0.05, 0.1) is 6.42 Å². The predicted octanol–water partition coefficient (Wildman–Crippen LogP) is -7.40. The molecule has 0 aromatic carbocycles. The van der Waals surface area contributed by atoms with Crippen LogP contribution in [0.5, 0.6) is 0 Å². The normalized spacial score (nSPS) is 10.1. The van der Waals surface area contributed by atoms with E-state index in [1.165, 1.54) is 0 Å². The minimum absolute atomic E-state index is 0. The fraction of sp³-hybridized carbons (Fsp3) is 0.500. The van der Waals surface area contributed by atoms with Gasteiger partial charge in [0.25, 0.3) is 0 Å². The molecule has 0 aromatic rings. The Hall–Kier alpha value is 1.95. The van der Waals surface area contributed by atoms with Crippen LogP contribution in [-0.2, 0) is 9.59 Å². The van der Waals surface area contributed by atoms with Crippen LogP contribution >= 0.6 is 0 Å². The van der Waals surface area contributed by atoms with E-state index < -0.39 is 18.2 Å². The second kappa shape index (κ2) is 11.4. The first-order chi connectivity index (χ1) is 5.43. The summed E-state index contributed by atoms with van der Waals surface area (Å²) < 4.78 is 0. The minimum atomic E-state index is -1.46. The molecule has 0 rings (SSSR count). The van der Waals surface area contributed by atoms with E-state index >= 15 is 0 Å². The molecular weight excluding hydrogens is 238 g/mol. The van der Waals surface area contributed by atoms with Crippen LogP contribution in [0.2, 0.25) is 0 Å². The van der Waals surface area contributed by atoms with E-state index in [0.717, 1.165) is 6.08 Å². The number of hydrogen-bond donors (Lipinski definition) is 0. The summed E-state index contributed by atoms with van der Waals surface area (Å²) in [6.07, 6.45) is 0.0823. The summed E-state index contributed by atoms with van der Waals surface area (Å²) in [6.45, 7) is 3.26. The van der Waals surface area contributed by atoms with Gasteiger partial charge in [-0.1, -0.05) is 13.8 Å². The zero-order valence-corrected chi connectivity index (χ0v) is 15.2. The van der Waals surface area contributed by atoms with E-state index in [2.05, 4.69) is 0 Å². The van der Waals surface area contributed by atoms with Crippen LogP contribution in [0, 0.1) is 5.92 Å². The van der Waals surface area contributed by atoms with Gasteiger partial charge in [-0.2, -0.15) is 0 Å². The molecule has 0 saturated heterocycles. The summed E-state index contributed by atoms with van der Waals surface area (Å²) in [4.78, 5) is 20.6. The van der Waals surface area contributed by atoms with Crippen LogP contribution in [-0.4, -0.2) is 11.8 Å². The van der Waals surface area contributed by atoms with E-state index in [1.807, 2.05) is 0 Å². The molecule has 0 N–H and O–H groups in total. The Kier molecular flexibility index (Phi) is 17.4. The third-order valence-corrected chi connectivity index (χ3v) is 1.19. The van der Waals surface area contributed by atoms with E-state index in [4.69, 9.17) is 0 Å². The number of carboxylic acids is 1. The van der Waals surface area contributed by atoms with E-state index in [0.29, 0.717) is 0 Å². The summed E-state index contributed by atoms with van der Waals surface area (Å²) in [5.41, 5.74) is 0. The van der Waals surface area contributed by atoms with E-state index in [1.54, 1.807) is 13.8 Å². The molecule has 0 aliphatic heterocycles. The van der Waals surface area contributed by atoms with Crippen molar-refractivity contribution in [2.45, 2.75) is 20.3 Å². The van der Waals surface area contributed by atoms with Gasteiger partial charge in [0.2, 0.25) is 0 Å². The molecule has 6 heteroatoms. The van der Waals surface area contributed by atoms with Crippen molar-refractivity contribution in [2.24, 2.45) is 5.92 Å². The predicted molar refractivity (Wildman–Crippen MR) is 37.6 cm³/mol. The molecule has 0 saturated carbocycles. The molecule has 4 nitrogen and oxygen atoms in total. The van der Waals surface area contributed by atoms with Crippen molar-refractivity contribution in [3.8, 4) is 0 Å². The molecule has 0 aliphatic carbocycles. The maximum absolute atomic E-state index is 10.8. The first kappa shape index (κ1) is 21.3. The Morgan fingerprint density at radius 1 is 1.21 bits per heavy atom. The van der Waals surface area contributed by atoms with Crippen molar-refractivity contribution in [3.05, 3.63) is 11.8 Å². The van der Waals surface area contributed by atoms with Gasteiger partial charge in [-0.25, -0.2) is 0 Å². The van der Waals surface area contributed by atoms with Crippen molar-refractivity contribution in [3.63, 3.8) is 0 Å². The van der Waals surface area contributed by atoms with Crippen molar-refractivity contribution in [1.82, 2.24) is 0 Å². The standard InChI is InChI=1S/C8H12O4.2K/c1-5(2)7(10)3-6(9)4-8(11)12;;/h3,5,10H,4H2,1-2H3,(H,11,12);;/q;2*+1/p-2/b7-3-;;. The molecule has 0 aromatic heterocycles. The average molecular weight is 248 g/mol. The van der Waals surface area contributed by atoms with Crippen molar-refractivity contribution in [2.75, 3.05) is 0 Å².